The van der Waals surface area contributed by atoms with Crippen molar-refractivity contribution < 1.29 is 4.74 Å². The number of benzene rings is 1. The van der Waals surface area contributed by atoms with E-state index in [0.717, 1.165) is 31.9 Å². The fourth-order valence-corrected chi connectivity index (χ4v) is 3.94. The van der Waals surface area contributed by atoms with Crippen LogP contribution in [0.4, 0.5) is 0 Å². The minimum Gasteiger partial charge on any atom is -0.369 e. The third kappa shape index (κ3) is 2.88. The molecule has 2 aromatic heterocycles. The number of fused-ring (bicyclic) bond motifs is 1. The average Bonchev–Trinajstić information content (AvgIpc) is 2.98. The molecule has 0 radical (unpaired) electrons. The molecule has 0 saturated carbocycles. The summed E-state index contributed by atoms with van der Waals surface area (Å²) in [7, 11) is 0. The quantitative estimate of drug-likeness (QED) is 0.744. The predicted molar refractivity (Wildman–Crippen MR) is 87.8 cm³/mol. The van der Waals surface area contributed by atoms with Crippen LogP contribution in [-0.2, 0) is 11.3 Å². The summed E-state index contributed by atoms with van der Waals surface area (Å²) >= 11 is 1.88. The molecule has 1 saturated heterocycles. The molecule has 1 fully saturated rings. The van der Waals surface area contributed by atoms with Gasteiger partial charge in [-0.25, -0.2) is 0 Å². The van der Waals surface area contributed by atoms with E-state index in [2.05, 4.69) is 45.2 Å². The van der Waals surface area contributed by atoms with Crippen molar-refractivity contribution in [1.82, 2.24) is 14.9 Å². The molecule has 3 heterocycles. The van der Waals surface area contributed by atoms with Crippen molar-refractivity contribution in [1.29, 1.82) is 0 Å². The molecule has 0 spiro atoms. The van der Waals surface area contributed by atoms with E-state index in [4.69, 9.17) is 4.74 Å². The molecule has 1 unspecified atom stereocenters. The Hall–Kier alpha value is -1.82. The summed E-state index contributed by atoms with van der Waals surface area (Å²) in [5.74, 6) is 0. The zero-order valence-electron chi connectivity index (χ0n) is 12.2. The van der Waals surface area contributed by atoms with Gasteiger partial charge in [0.1, 0.15) is 6.10 Å². The maximum Gasteiger partial charge on any atom is 0.114 e. The summed E-state index contributed by atoms with van der Waals surface area (Å²) < 4.78 is 7.21. The van der Waals surface area contributed by atoms with Crippen molar-refractivity contribution in [2.75, 3.05) is 19.7 Å². The van der Waals surface area contributed by atoms with Crippen molar-refractivity contribution in [3.05, 3.63) is 59.5 Å². The van der Waals surface area contributed by atoms with E-state index in [9.17, 15) is 0 Å². The SMILES string of the molecule is c1ccc2sc(CN3CCOC(c4cnccn4)C3)cc2c1. The minimum absolute atomic E-state index is 0.0248. The maximum absolute atomic E-state index is 5.85. The van der Waals surface area contributed by atoms with Gasteiger partial charge in [-0.3, -0.25) is 14.9 Å². The number of thiophene rings is 1. The number of hydrogen-bond acceptors (Lipinski definition) is 5. The van der Waals surface area contributed by atoms with Crippen LogP contribution in [0.1, 0.15) is 16.7 Å². The summed E-state index contributed by atoms with van der Waals surface area (Å²) in [5.41, 5.74) is 0.920. The zero-order chi connectivity index (χ0) is 14.8. The number of rotatable bonds is 3. The monoisotopic (exact) mass is 311 g/mol. The van der Waals surface area contributed by atoms with Gasteiger partial charge in [-0.2, -0.15) is 0 Å². The summed E-state index contributed by atoms with van der Waals surface area (Å²) in [6.45, 7) is 3.55. The van der Waals surface area contributed by atoms with E-state index in [1.54, 1.807) is 18.6 Å². The molecule has 22 heavy (non-hydrogen) atoms. The van der Waals surface area contributed by atoms with Gasteiger partial charge in [-0.05, 0) is 17.5 Å². The predicted octanol–water partition coefficient (Wildman–Crippen LogP) is 3.26. The third-order valence-corrected chi connectivity index (χ3v) is 5.02. The lowest BCUT2D eigenvalue weighted by atomic mass is 10.2. The normalized spacial score (nSPS) is 19.5. The van der Waals surface area contributed by atoms with E-state index in [1.807, 2.05) is 11.3 Å². The molecule has 0 bridgehead atoms. The van der Waals surface area contributed by atoms with Crippen LogP contribution in [0, 0.1) is 0 Å². The van der Waals surface area contributed by atoms with Crippen LogP contribution in [0.5, 0.6) is 0 Å². The minimum atomic E-state index is 0.0248. The van der Waals surface area contributed by atoms with Gasteiger partial charge in [0.25, 0.3) is 0 Å². The van der Waals surface area contributed by atoms with Crippen LogP contribution in [0.25, 0.3) is 10.1 Å². The third-order valence-electron chi connectivity index (χ3n) is 3.92. The molecule has 1 atom stereocenters. The van der Waals surface area contributed by atoms with Crippen LogP contribution in [0.2, 0.25) is 0 Å². The molecule has 4 nitrogen and oxygen atoms in total. The van der Waals surface area contributed by atoms with Gasteiger partial charge in [-0.1, -0.05) is 18.2 Å². The summed E-state index contributed by atoms with van der Waals surface area (Å²) in [4.78, 5) is 12.3. The first-order valence-corrected chi connectivity index (χ1v) is 8.27. The summed E-state index contributed by atoms with van der Waals surface area (Å²) in [6.07, 6.45) is 5.25. The lowest BCUT2D eigenvalue weighted by Crippen LogP contribution is -2.37. The Labute approximate surface area is 133 Å². The second-order valence-electron chi connectivity index (χ2n) is 5.48. The van der Waals surface area contributed by atoms with Gasteiger partial charge in [0.05, 0.1) is 18.5 Å². The molecule has 3 aromatic rings. The van der Waals surface area contributed by atoms with E-state index in [0.29, 0.717) is 0 Å². The van der Waals surface area contributed by atoms with E-state index in [-0.39, 0.29) is 6.10 Å². The highest BCUT2D eigenvalue weighted by Gasteiger charge is 2.23. The van der Waals surface area contributed by atoms with Gasteiger partial charge < -0.3 is 4.74 Å². The first-order chi connectivity index (χ1) is 10.9. The highest BCUT2D eigenvalue weighted by molar-refractivity contribution is 7.19. The van der Waals surface area contributed by atoms with Crippen molar-refractivity contribution in [3.8, 4) is 0 Å². The number of ether oxygens (including phenoxy) is 1. The van der Waals surface area contributed by atoms with Crippen LogP contribution in [0.3, 0.4) is 0 Å². The second-order valence-corrected chi connectivity index (χ2v) is 6.64. The maximum atomic E-state index is 5.85. The Kier molecular flexibility index (Phi) is 3.84. The Morgan fingerprint density at radius 2 is 2.23 bits per heavy atom. The summed E-state index contributed by atoms with van der Waals surface area (Å²) in [5, 5.41) is 1.33. The molecule has 0 aliphatic carbocycles. The number of hydrogen-bond donors (Lipinski definition) is 0. The highest BCUT2D eigenvalue weighted by Crippen LogP contribution is 2.28. The number of morpholine rings is 1. The van der Waals surface area contributed by atoms with Gasteiger partial charge in [-0.15, -0.1) is 11.3 Å². The Bertz CT molecular complexity index is 726. The molecule has 1 aliphatic heterocycles. The first-order valence-electron chi connectivity index (χ1n) is 7.46. The number of aromatic nitrogens is 2. The Balaban J connectivity index is 1.48. The smallest absolute Gasteiger partial charge is 0.114 e. The van der Waals surface area contributed by atoms with Crippen molar-refractivity contribution in [2.24, 2.45) is 0 Å². The van der Waals surface area contributed by atoms with Crippen LogP contribution in [0.15, 0.2) is 48.9 Å². The molecule has 1 aromatic carbocycles. The standard InChI is InChI=1S/C17H17N3OS/c1-2-4-17-13(3-1)9-14(22-17)11-20-7-8-21-16(12-20)15-10-18-5-6-19-15/h1-6,9-10,16H,7-8,11-12H2. The van der Waals surface area contributed by atoms with Crippen LogP contribution < -0.4 is 0 Å². The fourth-order valence-electron chi connectivity index (χ4n) is 2.84. The molecule has 112 valence electrons. The topological polar surface area (TPSA) is 38.2 Å². The largest absolute Gasteiger partial charge is 0.369 e. The van der Waals surface area contributed by atoms with Gasteiger partial charge in [0, 0.05) is 41.6 Å². The molecule has 1 aliphatic rings. The fraction of sp³-hybridized carbons (Fsp3) is 0.294. The molecular weight excluding hydrogens is 294 g/mol. The van der Waals surface area contributed by atoms with E-state index < -0.39 is 0 Å². The van der Waals surface area contributed by atoms with Crippen molar-refractivity contribution in [2.45, 2.75) is 12.6 Å². The lowest BCUT2D eigenvalue weighted by molar-refractivity contribution is -0.0348. The van der Waals surface area contributed by atoms with E-state index in [1.165, 1.54) is 15.0 Å². The van der Waals surface area contributed by atoms with Gasteiger partial charge in [0.2, 0.25) is 0 Å². The Morgan fingerprint density at radius 1 is 1.27 bits per heavy atom. The van der Waals surface area contributed by atoms with Crippen molar-refractivity contribution in [3.63, 3.8) is 0 Å². The highest BCUT2D eigenvalue weighted by atomic mass is 32.1. The Morgan fingerprint density at radius 3 is 3.09 bits per heavy atom. The van der Waals surface area contributed by atoms with Crippen LogP contribution in [-0.4, -0.2) is 34.6 Å². The van der Waals surface area contributed by atoms with Gasteiger partial charge in [0.15, 0.2) is 0 Å². The zero-order valence-corrected chi connectivity index (χ0v) is 13.0. The van der Waals surface area contributed by atoms with E-state index >= 15 is 0 Å². The second kappa shape index (κ2) is 6.12. The van der Waals surface area contributed by atoms with Crippen LogP contribution >= 0.6 is 11.3 Å². The molecule has 0 amide bonds. The molecular formula is C17H17N3OS. The molecule has 4 rings (SSSR count). The average molecular weight is 311 g/mol. The molecule has 0 N–H and O–H groups in total. The van der Waals surface area contributed by atoms with Crippen molar-refractivity contribution >= 4 is 21.4 Å². The summed E-state index contributed by atoms with van der Waals surface area (Å²) in [6, 6.07) is 10.9. The molecule has 5 heteroatoms. The lowest BCUT2D eigenvalue weighted by Gasteiger charge is -2.32. The van der Waals surface area contributed by atoms with Gasteiger partial charge >= 0.3 is 0 Å². The first kappa shape index (κ1) is 13.8. The number of nitrogens with zero attached hydrogens (tertiary/aromatic N) is 3.